The zero-order chi connectivity index (χ0) is 17.9. The maximum absolute atomic E-state index is 11.2. The van der Waals surface area contributed by atoms with Gasteiger partial charge in [-0.15, -0.1) is 0 Å². The molecule has 0 amide bonds. The van der Waals surface area contributed by atoms with Gasteiger partial charge in [0, 0.05) is 18.5 Å². The van der Waals surface area contributed by atoms with E-state index in [0.29, 0.717) is 23.1 Å². The first-order valence-electron chi connectivity index (χ1n) is 8.94. The Bertz CT molecular complexity index is 920. The molecule has 1 N–H and O–H groups in total. The van der Waals surface area contributed by atoms with Crippen LogP contribution in [0.3, 0.4) is 0 Å². The predicted molar refractivity (Wildman–Crippen MR) is 104 cm³/mol. The highest BCUT2D eigenvalue weighted by molar-refractivity contribution is 7.21. The van der Waals surface area contributed by atoms with Gasteiger partial charge in [0.25, 0.3) is 0 Å². The molecule has 0 unspecified atom stereocenters. The Morgan fingerprint density at radius 1 is 1.15 bits per heavy atom. The van der Waals surface area contributed by atoms with Crippen molar-refractivity contribution >= 4 is 32.4 Å². The third-order valence-corrected chi connectivity index (χ3v) is 5.83. The molecular formula is C19H20N4O2S. The fourth-order valence-corrected chi connectivity index (χ4v) is 4.33. The van der Waals surface area contributed by atoms with E-state index in [9.17, 15) is 10.1 Å². The van der Waals surface area contributed by atoms with Crippen LogP contribution in [0.25, 0.3) is 10.2 Å². The highest BCUT2D eigenvalue weighted by Gasteiger charge is 2.23. The van der Waals surface area contributed by atoms with E-state index in [-0.39, 0.29) is 9.92 Å². The fraction of sp³-hybridized carbons (Fsp3) is 0.368. The van der Waals surface area contributed by atoms with Crippen LogP contribution in [0.1, 0.15) is 49.4 Å². The fourth-order valence-electron chi connectivity index (χ4n) is 3.47. The number of nitrogens with zero attached hydrogens (tertiary/aromatic N) is 3. The molecule has 2 aromatic heterocycles. The maximum atomic E-state index is 11.2. The number of anilines is 1. The van der Waals surface area contributed by atoms with Crippen LogP contribution >= 0.6 is 11.3 Å². The van der Waals surface area contributed by atoms with Crippen LogP contribution in [0.15, 0.2) is 36.4 Å². The number of aromatic nitrogens is 2. The lowest BCUT2D eigenvalue weighted by Gasteiger charge is -2.20. The molecule has 6 nitrogen and oxygen atoms in total. The molecule has 4 rings (SSSR count). The molecule has 1 saturated carbocycles. The van der Waals surface area contributed by atoms with E-state index in [1.165, 1.54) is 19.3 Å². The molecule has 3 aromatic rings. The number of rotatable bonds is 5. The summed E-state index contributed by atoms with van der Waals surface area (Å²) < 4.78 is 0. The lowest BCUT2D eigenvalue weighted by atomic mass is 9.89. The van der Waals surface area contributed by atoms with E-state index in [4.69, 9.17) is 4.98 Å². The molecule has 0 aliphatic heterocycles. The summed E-state index contributed by atoms with van der Waals surface area (Å²) in [6.45, 7) is 0.626. The number of fused-ring (bicyclic) bond motifs is 1. The van der Waals surface area contributed by atoms with E-state index in [1.54, 1.807) is 6.07 Å². The van der Waals surface area contributed by atoms with E-state index >= 15 is 0 Å². The minimum absolute atomic E-state index is 0.109. The second-order valence-corrected chi connectivity index (χ2v) is 7.67. The Morgan fingerprint density at radius 2 is 1.92 bits per heavy atom. The van der Waals surface area contributed by atoms with Crippen LogP contribution in [-0.2, 0) is 6.54 Å². The van der Waals surface area contributed by atoms with Gasteiger partial charge in [-0.05, 0) is 29.7 Å². The molecule has 1 aliphatic carbocycles. The molecule has 1 fully saturated rings. The van der Waals surface area contributed by atoms with E-state index in [1.807, 2.05) is 30.3 Å². The third kappa shape index (κ3) is 3.53. The van der Waals surface area contributed by atoms with Gasteiger partial charge in [0.1, 0.15) is 16.5 Å². The number of nitrogens with one attached hydrogen (secondary N) is 1. The standard InChI is InChI=1S/C19H20N4O2S/c24-23(25)16-11-15-18(20-12-13-7-3-1-4-8-13)21-17(22-19(15)26-16)14-9-5-2-6-10-14/h1,3-4,7-8,11,14H,2,5-6,9-10,12H2,(H,20,21,22). The van der Waals surface area contributed by atoms with Crippen LogP contribution in [0.4, 0.5) is 10.8 Å². The van der Waals surface area contributed by atoms with Crippen LogP contribution in [0, 0.1) is 10.1 Å². The van der Waals surface area contributed by atoms with Crippen molar-refractivity contribution in [2.24, 2.45) is 0 Å². The molecule has 0 atom stereocenters. The average molecular weight is 368 g/mol. The summed E-state index contributed by atoms with van der Waals surface area (Å²) >= 11 is 1.13. The van der Waals surface area contributed by atoms with Crippen molar-refractivity contribution in [3.63, 3.8) is 0 Å². The number of thiophene rings is 1. The lowest BCUT2D eigenvalue weighted by Crippen LogP contribution is -2.11. The van der Waals surface area contributed by atoms with Gasteiger partial charge in [-0.25, -0.2) is 9.97 Å². The number of nitro groups is 1. The van der Waals surface area contributed by atoms with Crippen LogP contribution in [-0.4, -0.2) is 14.9 Å². The van der Waals surface area contributed by atoms with Gasteiger partial charge in [0.2, 0.25) is 0 Å². The van der Waals surface area contributed by atoms with E-state index in [2.05, 4.69) is 10.3 Å². The minimum Gasteiger partial charge on any atom is -0.365 e. The average Bonchev–Trinajstić information content (AvgIpc) is 3.12. The summed E-state index contributed by atoms with van der Waals surface area (Å²) in [5.41, 5.74) is 1.14. The van der Waals surface area contributed by atoms with E-state index in [0.717, 1.165) is 41.0 Å². The van der Waals surface area contributed by atoms with Crippen molar-refractivity contribution in [3.05, 3.63) is 57.9 Å². The van der Waals surface area contributed by atoms with Crippen LogP contribution < -0.4 is 5.32 Å². The topological polar surface area (TPSA) is 81.0 Å². The third-order valence-electron chi connectivity index (χ3n) is 4.85. The smallest absolute Gasteiger partial charge is 0.326 e. The van der Waals surface area contributed by atoms with Gasteiger partial charge in [-0.3, -0.25) is 10.1 Å². The van der Waals surface area contributed by atoms with Gasteiger partial charge in [0.05, 0.1) is 10.3 Å². The Balaban J connectivity index is 1.70. The first-order chi connectivity index (χ1) is 12.7. The first kappa shape index (κ1) is 16.9. The second kappa shape index (κ2) is 7.37. The SMILES string of the molecule is O=[N+]([O-])c1cc2c(NCc3ccccc3)nc(C3CCCCC3)nc2s1. The molecule has 0 radical (unpaired) electrons. The molecule has 2 heterocycles. The van der Waals surface area contributed by atoms with Crippen molar-refractivity contribution in [3.8, 4) is 0 Å². The number of hydrogen-bond acceptors (Lipinski definition) is 6. The summed E-state index contributed by atoms with van der Waals surface area (Å²) in [6, 6.07) is 11.6. The molecule has 0 spiro atoms. The maximum Gasteiger partial charge on any atom is 0.326 e. The molecule has 134 valence electrons. The molecular weight excluding hydrogens is 348 g/mol. The Hall–Kier alpha value is -2.54. The summed E-state index contributed by atoms with van der Waals surface area (Å²) in [5.74, 6) is 1.87. The normalized spacial score (nSPS) is 15.2. The van der Waals surface area contributed by atoms with Gasteiger partial charge < -0.3 is 5.32 Å². The lowest BCUT2D eigenvalue weighted by molar-refractivity contribution is -0.380. The second-order valence-electron chi connectivity index (χ2n) is 6.67. The van der Waals surface area contributed by atoms with Gasteiger partial charge in [-0.1, -0.05) is 49.6 Å². The van der Waals surface area contributed by atoms with E-state index < -0.39 is 0 Å². The molecule has 0 saturated heterocycles. The van der Waals surface area contributed by atoms with Gasteiger partial charge >= 0.3 is 5.00 Å². The minimum atomic E-state index is -0.354. The van der Waals surface area contributed by atoms with Gasteiger partial charge in [-0.2, -0.15) is 0 Å². The summed E-state index contributed by atoms with van der Waals surface area (Å²) in [6.07, 6.45) is 5.85. The zero-order valence-electron chi connectivity index (χ0n) is 14.4. The van der Waals surface area contributed by atoms with Gasteiger partial charge in [0.15, 0.2) is 0 Å². The quantitative estimate of drug-likeness (QED) is 0.491. The number of hydrogen-bond donors (Lipinski definition) is 1. The molecule has 0 bridgehead atoms. The van der Waals surface area contributed by atoms with Crippen LogP contribution in [0.5, 0.6) is 0 Å². The first-order valence-corrected chi connectivity index (χ1v) is 9.76. The highest BCUT2D eigenvalue weighted by atomic mass is 32.1. The number of benzene rings is 1. The van der Waals surface area contributed by atoms with Crippen molar-refractivity contribution in [2.75, 3.05) is 5.32 Å². The largest absolute Gasteiger partial charge is 0.365 e. The highest BCUT2D eigenvalue weighted by Crippen LogP contribution is 2.37. The molecule has 1 aromatic carbocycles. The summed E-state index contributed by atoms with van der Waals surface area (Å²) in [4.78, 5) is 21.0. The summed E-state index contributed by atoms with van der Waals surface area (Å²) in [7, 11) is 0. The Kier molecular flexibility index (Phi) is 4.79. The Morgan fingerprint density at radius 3 is 2.65 bits per heavy atom. The Labute approximate surface area is 155 Å². The predicted octanol–water partition coefficient (Wildman–Crippen LogP) is 5.26. The molecule has 1 aliphatic rings. The van der Waals surface area contributed by atoms with Crippen LogP contribution in [0.2, 0.25) is 0 Å². The van der Waals surface area contributed by atoms with Crippen molar-refractivity contribution < 1.29 is 4.92 Å². The molecule has 26 heavy (non-hydrogen) atoms. The summed E-state index contributed by atoms with van der Waals surface area (Å²) in [5, 5.41) is 15.4. The zero-order valence-corrected chi connectivity index (χ0v) is 15.2. The monoisotopic (exact) mass is 368 g/mol. The van der Waals surface area contributed by atoms with Crippen molar-refractivity contribution in [2.45, 2.75) is 44.6 Å². The van der Waals surface area contributed by atoms with Crippen molar-refractivity contribution in [1.82, 2.24) is 9.97 Å². The molecule has 7 heteroatoms. The van der Waals surface area contributed by atoms with Crippen molar-refractivity contribution in [1.29, 1.82) is 0 Å².